The largest absolute Gasteiger partial charge is 0.416 e. The van der Waals surface area contributed by atoms with Gasteiger partial charge in [0.15, 0.2) is 0 Å². The fourth-order valence-electron chi connectivity index (χ4n) is 5.96. The van der Waals surface area contributed by atoms with Gasteiger partial charge in [-0.3, -0.25) is 4.79 Å². The predicted molar refractivity (Wildman–Crippen MR) is 139 cm³/mol. The van der Waals surface area contributed by atoms with Gasteiger partial charge >= 0.3 is 6.18 Å². The number of amides is 1. The summed E-state index contributed by atoms with van der Waals surface area (Å²) in [6.45, 7) is 3.50. The molecule has 0 N–H and O–H groups in total. The van der Waals surface area contributed by atoms with E-state index in [0.717, 1.165) is 17.4 Å². The number of rotatable bonds is 2. The highest BCUT2D eigenvalue weighted by atomic mass is 35.5. The highest BCUT2D eigenvalue weighted by molar-refractivity contribution is 6.30. The summed E-state index contributed by atoms with van der Waals surface area (Å²) < 4.78 is 40.9. The van der Waals surface area contributed by atoms with Crippen LogP contribution >= 0.6 is 11.6 Å². The number of anilines is 3. The molecule has 3 aromatic carbocycles. The summed E-state index contributed by atoms with van der Waals surface area (Å²) in [6.07, 6.45) is -4.32. The molecule has 190 valence electrons. The molecule has 3 aliphatic rings. The van der Waals surface area contributed by atoms with E-state index in [1.54, 1.807) is 6.07 Å². The molecule has 0 aromatic heterocycles. The number of carbonyl (C=O) groups excluding carboxylic acids is 1. The molecule has 9 heteroatoms. The van der Waals surface area contributed by atoms with Gasteiger partial charge in [0.1, 0.15) is 5.41 Å². The Kier molecular flexibility index (Phi) is 5.49. The Labute approximate surface area is 217 Å². The molecule has 0 unspecified atom stereocenters. The standard InChI is InChI=1S/C28H24ClF3N4O/c1-18-27(26(37)36(33-18)22-7-3-2-4-8-22)16-19-14-20(28(30,31)32)10-11-24(19)35-13-12-34(17-25(27)35)23-9-5-6-21(29)15-23/h2-11,14-15,25H,12-13,16-17H2,1H3/t25-,27-/m1/s1. The number of nitrogens with zero attached hydrogens (tertiary/aromatic N) is 4. The molecule has 0 aliphatic carbocycles. The summed E-state index contributed by atoms with van der Waals surface area (Å²) >= 11 is 6.27. The van der Waals surface area contributed by atoms with Crippen molar-refractivity contribution in [3.8, 4) is 0 Å². The van der Waals surface area contributed by atoms with Gasteiger partial charge in [-0.15, -0.1) is 0 Å². The fourth-order valence-corrected chi connectivity index (χ4v) is 6.15. The van der Waals surface area contributed by atoms with Gasteiger partial charge in [-0.1, -0.05) is 35.9 Å². The monoisotopic (exact) mass is 524 g/mol. The maximum atomic E-state index is 14.3. The Balaban J connectivity index is 1.47. The maximum Gasteiger partial charge on any atom is 0.416 e. The van der Waals surface area contributed by atoms with Crippen molar-refractivity contribution in [2.24, 2.45) is 10.5 Å². The van der Waals surface area contributed by atoms with Gasteiger partial charge in [0.05, 0.1) is 23.0 Å². The van der Waals surface area contributed by atoms with Crippen LogP contribution in [0.15, 0.2) is 77.9 Å². The summed E-state index contributed by atoms with van der Waals surface area (Å²) in [7, 11) is 0. The minimum absolute atomic E-state index is 0.147. The van der Waals surface area contributed by atoms with Crippen LogP contribution in [0.3, 0.4) is 0 Å². The molecule has 1 amide bonds. The minimum Gasteiger partial charge on any atom is -0.368 e. The molecule has 6 rings (SSSR count). The highest BCUT2D eigenvalue weighted by Gasteiger charge is 2.60. The molecule has 3 aromatic rings. The second-order valence-electron chi connectivity index (χ2n) is 9.76. The first-order chi connectivity index (χ1) is 17.7. The molecule has 5 nitrogen and oxygen atoms in total. The molecular formula is C28H24ClF3N4O. The summed E-state index contributed by atoms with van der Waals surface area (Å²) in [4.78, 5) is 18.6. The van der Waals surface area contributed by atoms with E-state index in [-0.39, 0.29) is 18.4 Å². The zero-order valence-corrected chi connectivity index (χ0v) is 20.8. The van der Waals surface area contributed by atoms with Gasteiger partial charge in [-0.25, -0.2) is 0 Å². The predicted octanol–water partition coefficient (Wildman–Crippen LogP) is 6.02. The molecule has 0 bridgehead atoms. The maximum absolute atomic E-state index is 14.3. The third-order valence-corrected chi connectivity index (χ3v) is 8.01. The number of hydrogen-bond donors (Lipinski definition) is 0. The molecular weight excluding hydrogens is 501 g/mol. The molecule has 1 fully saturated rings. The van der Waals surface area contributed by atoms with Crippen molar-refractivity contribution in [1.82, 2.24) is 0 Å². The van der Waals surface area contributed by atoms with Crippen LogP contribution in [0.5, 0.6) is 0 Å². The number of halogens is 4. The van der Waals surface area contributed by atoms with Crippen molar-refractivity contribution in [2.45, 2.75) is 25.6 Å². The van der Waals surface area contributed by atoms with E-state index >= 15 is 0 Å². The fraction of sp³-hybridized carbons (Fsp3) is 0.286. The van der Waals surface area contributed by atoms with Gasteiger partial charge in [0.2, 0.25) is 0 Å². The van der Waals surface area contributed by atoms with Crippen LogP contribution < -0.4 is 14.8 Å². The first-order valence-electron chi connectivity index (χ1n) is 12.1. The Morgan fingerprint density at radius 1 is 0.973 bits per heavy atom. The van der Waals surface area contributed by atoms with Crippen LogP contribution in [0.1, 0.15) is 18.1 Å². The first kappa shape index (κ1) is 23.9. The van der Waals surface area contributed by atoms with Gasteiger partial charge < -0.3 is 9.80 Å². The number of piperazine rings is 1. The van der Waals surface area contributed by atoms with Gasteiger partial charge in [0.25, 0.3) is 5.91 Å². The minimum atomic E-state index is -4.47. The highest BCUT2D eigenvalue weighted by Crippen LogP contribution is 2.49. The molecule has 37 heavy (non-hydrogen) atoms. The number of benzene rings is 3. The molecule has 0 radical (unpaired) electrons. The van der Waals surface area contributed by atoms with Crippen LogP contribution in [0.25, 0.3) is 0 Å². The average Bonchev–Trinajstić information content (AvgIpc) is 3.13. The van der Waals surface area contributed by atoms with Crippen molar-refractivity contribution in [1.29, 1.82) is 0 Å². The second kappa shape index (κ2) is 8.52. The summed E-state index contributed by atoms with van der Waals surface area (Å²) in [6, 6.07) is 20.3. The lowest BCUT2D eigenvalue weighted by atomic mass is 9.67. The summed E-state index contributed by atoms with van der Waals surface area (Å²) in [5, 5.41) is 6.70. The zero-order valence-electron chi connectivity index (χ0n) is 20.0. The number of carbonyl (C=O) groups is 1. The van der Waals surface area contributed by atoms with Gasteiger partial charge in [-0.2, -0.15) is 23.3 Å². The van der Waals surface area contributed by atoms with Crippen LogP contribution in [-0.4, -0.2) is 37.3 Å². The molecule has 1 spiro atoms. The van der Waals surface area contributed by atoms with Crippen molar-refractivity contribution >= 4 is 40.3 Å². The topological polar surface area (TPSA) is 39.2 Å². The van der Waals surface area contributed by atoms with Crippen molar-refractivity contribution < 1.29 is 18.0 Å². The molecule has 2 atom stereocenters. The third kappa shape index (κ3) is 3.77. The lowest BCUT2D eigenvalue weighted by molar-refractivity contribution is -0.137. The summed E-state index contributed by atoms with van der Waals surface area (Å²) in [5.41, 5.74) is 1.62. The number of hydrazone groups is 1. The number of alkyl halides is 3. The van der Waals surface area contributed by atoms with Crippen molar-refractivity contribution in [2.75, 3.05) is 34.4 Å². The van der Waals surface area contributed by atoms with E-state index in [9.17, 15) is 18.0 Å². The van der Waals surface area contributed by atoms with E-state index in [4.69, 9.17) is 11.6 Å². The molecule has 1 saturated heterocycles. The Morgan fingerprint density at radius 3 is 2.46 bits per heavy atom. The Bertz CT molecular complexity index is 1410. The number of para-hydroxylation sites is 1. The quantitative estimate of drug-likeness (QED) is 0.411. The van der Waals surface area contributed by atoms with Crippen LogP contribution in [0, 0.1) is 5.41 Å². The van der Waals surface area contributed by atoms with E-state index in [0.29, 0.717) is 41.6 Å². The lowest BCUT2D eigenvalue weighted by Crippen LogP contribution is -2.67. The third-order valence-electron chi connectivity index (χ3n) is 7.78. The van der Waals surface area contributed by atoms with E-state index in [1.807, 2.05) is 61.5 Å². The molecule has 3 heterocycles. The van der Waals surface area contributed by atoms with Crippen molar-refractivity contribution in [3.05, 3.63) is 88.9 Å². The molecule has 3 aliphatic heterocycles. The molecule has 0 saturated carbocycles. The Hall–Kier alpha value is -3.52. The van der Waals surface area contributed by atoms with Crippen molar-refractivity contribution in [3.63, 3.8) is 0 Å². The smallest absolute Gasteiger partial charge is 0.368 e. The number of hydrogen-bond acceptors (Lipinski definition) is 4. The lowest BCUT2D eigenvalue weighted by Gasteiger charge is -2.53. The van der Waals surface area contributed by atoms with Crippen LogP contribution in [-0.2, 0) is 17.4 Å². The Morgan fingerprint density at radius 2 is 1.73 bits per heavy atom. The normalized spacial score (nSPS) is 23.3. The summed E-state index contributed by atoms with van der Waals surface area (Å²) in [5.74, 6) is -0.220. The zero-order chi connectivity index (χ0) is 25.9. The van der Waals surface area contributed by atoms with Gasteiger partial charge in [0, 0.05) is 36.0 Å². The van der Waals surface area contributed by atoms with E-state index in [2.05, 4.69) is 14.9 Å². The van der Waals surface area contributed by atoms with Crippen LogP contribution in [0.2, 0.25) is 5.02 Å². The van der Waals surface area contributed by atoms with E-state index in [1.165, 1.54) is 11.1 Å². The second-order valence-corrected chi connectivity index (χ2v) is 10.2. The van der Waals surface area contributed by atoms with Crippen LogP contribution in [0.4, 0.5) is 30.2 Å². The first-order valence-corrected chi connectivity index (χ1v) is 12.5. The number of fused-ring (bicyclic) bond motifs is 4. The average molecular weight is 525 g/mol. The van der Waals surface area contributed by atoms with E-state index < -0.39 is 17.2 Å². The SMILES string of the molecule is CC1=NN(c2ccccc2)C(=O)[C@]12Cc1cc(C(F)(F)F)ccc1N1CCN(c3cccc(Cl)c3)C[C@@H]12. The van der Waals surface area contributed by atoms with Gasteiger partial charge in [-0.05, 0) is 67.4 Å².